The zero-order chi connectivity index (χ0) is 85.6. The van der Waals surface area contributed by atoms with Crippen molar-refractivity contribution in [2.45, 2.75) is 78.7 Å². The number of ketones is 1. The first-order valence-corrected chi connectivity index (χ1v) is 43.4. The summed E-state index contributed by atoms with van der Waals surface area (Å²) in [6, 6.07) is 40.8. The van der Waals surface area contributed by atoms with Crippen molar-refractivity contribution in [3.8, 4) is 62.4 Å². The lowest BCUT2D eigenvalue weighted by Gasteiger charge is -2.27. The standard InChI is InChI=1S/C25H24N6O.C24H25N7O.C24H24N6O.C23H23N7O2/c32-21-13-17-4-5-18(12-19(17)14-21)22-16-31-11-8-26-25(31)24(29-22)28-20-6-7-23(27-15-20)30-9-2-1-3-10-30;1-2-10-30(11-3-1)22-7-5-18(15-27-22)28-23-24-26-8-12-31(24)16-20(29-23)17-4-6-19-21(14-17)32-13-9-25-19;1-24(2,3)15-31-21-7-6-19(13-27-21)28-22-23-26-8-9-30(23)14-20(29-22)16-4-5-17-11-25-12-18(17)10-16;1-3-20-18(24-6-10-32-20)13-16(1)19-15-30-7-5-25-23(30)22(28-19)27-17-2-4-21(26-14-17)29-8-11-31-12-9-29/h4-8,11-12,15-16H,1-3,9-10,13-14H2,(H,28,29);4-8,12,14-16,25H,1-3,9-11,13H2,(H,28,29);4-11,13-14H,12,15H2,1-3H3,(H,28,29);1-5,7,13-15,24H,6,8-12H2,(H,27,28). The van der Waals surface area contributed by atoms with Gasteiger partial charge in [-0.1, -0.05) is 51.1 Å². The number of carbonyl (C=O) groups is 1. The first kappa shape index (κ1) is 80.3. The van der Waals surface area contributed by atoms with Crippen LogP contribution in [0.2, 0.25) is 0 Å². The average Bonchev–Trinajstić information content (AvgIpc) is 1.56. The number of benzene rings is 4. The molecule has 1 aliphatic carbocycles. The summed E-state index contributed by atoms with van der Waals surface area (Å²) in [7, 11) is 0. The molecule has 4 aromatic carbocycles. The van der Waals surface area contributed by atoms with Crippen molar-refractivity contribution in [1.82, 2.24) is 77.4 Å². The molecule has 6 aliphatic heterocycles. The second-order valence-electron chi connectivity index (χ2n) is 33.4. The summed E-state index contributed by atoms with van der Waals surface area (Å²) in [4.78, 5) is 78.9. The number of rotatable bonds is 17. The minimum Gasteiger partial charge on any atom is -0.490 e. The molecular weight excluding hydrogens is 1600 g/mol. The Morgan fingerprint density at radius 2 is 0.843 bits per heavy atom. The Morgan fingerprint density at radius 1 is 0.409 bits per heavy atom. The fourth-order valence-electron chi connectivity index (χ4n) is 16.4. The van der Waals surface area contributed by atoms with Crippen LogP contribution in [0.25, 0.3) is 67.6 Å². The lowest BCUT2D eigenvalue weighted by molar-refractivity contribution is -0.117. The van der Waals surface area contributed by atoms with Gasteiger partial charge in [-0.05, 0) is 151 Å². The molecule has 23 rings (SSSR count). The highest BCUT2D eigenvalue weighted by atomic mass is 16.5. The third-order valence-corrected chi connectivity index (χ3v) is 23.0. The fraction of sp³-hybridized carbons (Fsp3) is 0.271. The fourth-order valence-corrected chi connectivity index (χ4v) is 16.4. The van der Waals surface area contributed by atoms with Gasteiger partial charge in [0.05, 0.1) is 108 Å². The molecule has 7 aliphatic rings. The summed E-state index contributed by atoms with van der Waals surface area (Å²) >= 11 is 0. The molecule has 0 unspecified atom stereocenters. The largest absolute Gasteiger partial charge is 0.490 e. The predicted octanol–water partition coefficient (Wildman–Crippen LogP) is 16.6. The van der Waals surface area contributed by atoms with Crippen LogP contribution in [0, 0.1) is 5.41 Å². The van der Waals surface area contributed by atoms with Crippen molar-refractivity contribution < 1.29 is 23.7 Å². The number of nitrogens with zero attached hydrogens (tertiary/aromatic N) is 20. The highest BCUT2D eigenvalue weighted by Gasteiger charge is 2.25. The number of aliphatic imine (C=N–C) groups is 1. The first-order valence-electron chi connectivity index (χ1n) is 43.4. The number of hydrogen-bond donors (Lipinski definition) is 6. The zero-order valence-electron chi connectivity index (χ0n) is 70.9. The summed E-state index contributed by atoms with van der Waals surface area (Å²) in [6.07, 6.45) is 40.5. The van der Waals surface area contributed by atoms with Crippen LogP contribution in [0.3, 0.4) is 0 Å². The molecule has 12 aromatic heterocycles. The number of anilines is 13. The number of aromatic nitrogens is 16. The second kappa shape index (κ2) is 36.0. The van der Waals surface area contributed by atoms with Crippen molar-refractivity contribution in [3.05, 3.63) is 243 Å². The number of pyridine rings is 4. The average molecular weight is 1690 g/mol. The molecule has 16 aromatic rings. The maximum absolute atomic E-state index is 11.8. The van der Waals surface area contributed by atoms with Gasteiger partial charge in [0.25, 0.3) is 0 Å². The van der Waals surface area contributed by atoms with E-state index in [0.717, 1.165) is 214 Å². The molecule has 3 saturated heterocycles. The van der Waals surface area contributed by atoms with Crippen LogP contribution in [0.5, 0.6) is 17.4 Å². The normalized spacial score (nSPS) is 15.0. The molecule has 18 heterocycles. The van der Waals surface area contributed by atoms with E-state index in [1.165, 1.54) is 49.7 Å². The third kappa shape index (κ3) is 18.4. The first-order chi connectivity index (χ1) is 62.3. The molecule has 31 nitrogen and oxygen atoms in total. The Labute approximate surface area is 732 Å². The van der Waals surface area contributed by atoms with E-state index in [0.29, 0.717) is 61.8 Å². The van der Waals surface area contributed by atoms with Gasteiger partial charge in [-0.3, -0.25) is 9.79 Å². The Balaban J connectivity index is 0.000000107. The van der Waals surface area contributed by atoms with E-state index in [2.05, 4.69) is 167 Å². The molecule has 127 heavy (non-hydrogen) atoms. The van der Waals surface area contributed by atoms with Gasteiger partial charge in [-0.2, -0.15) is 0 Å². The van der Waals surface area contributed by atoms with Gasteiger partial charge in [0.15, 0.2) is 45.9 Å². The highest BCUT2D eigenvalue weighted by molar-refractivity contribution is 5.89. The lowest BCUT2D eigenvalue weighted by atomic mass is 9.99. The Hall–Kier alpha value is -15.1. The molecular formula is C96H96N26O5. The van der Waals surface area contributed by atoms with Crippen LogP contribution in [0.1, 0.15) is 81.5 Å². The van der Waals surface area contributed by atoms with Crippen molar-refractivity contribution in [2.75, 3.05) is 132 Å². The van der Waals surface area contributed by atoms with Gasteiger partial charge < -0.3 is 83.2 Å². The molecule has 0 amide bonds. The Kier molecular flexibility index (Phi) is 22.7. The summed E-state index contributed by atoms with van der Waals surface area (Å²) in [6.45, 7) is 18.2. The number of imidazole rings is 4. The van der Waals surface area contributed by atoms with Crippen LogP contribution in [-0.2, 0) is 28.9 Å². The van der Waals surface area contributed by atoms with E-state index < -0.39 is 0 Å². The van der Waals surface area contributed by atoms with E-state index in [9.17, 15) is 4.79 Å². The minimum atomic E-state index is 0.0823. The summed E-state index contributed by atoms with van der Waals surface area (Å²) in [5, 5.41) is 20.3. The molecule has 640 valence electrons. The number of fused-ring (bicyclic) bond motifs is 8. The van der Waals surface area contributed by atoms with Crippen molar-refractivity contribution >= 4 is 109 Å². The molecule has 0 saturated carbocycles. The molecule has 31 heteroatoms. The molecule has 0 bridgehead atoms. The number of ether oxygens (including phenoxy) is 4. The van der Waals surface area contributed by atoms with Crippen LogP contribution in [0.15, 0.2) is 225 Å². The number of morpholine rings is 1. The highest BCUT2D eigenvalue weighted by Crippen LogP contribution is 2.38. The predicted molar refractivity (Wildman–Crippen MR) is 496 cm³/mol. The maximum Gasteiger partial charge on any atom is 0.213 e. The van der Waals surface area contributed by atoms with Gasteiger partial charge >= 0.3 is 0 Å². The lowest BCUT2D eigenvalue weighted by Crippen LogP contribution is -2.36. The van der Waals surface area contributed by atoms with Gasteiger partial charge in [-0.15, -0.1) is 0 Å². The van der Waals surface area contributed by atoms with Crippen LogP contribution in [0.4, 0.5) is 74.8 Å². The van der Waals surface area contributed by atoms with Crippen molar-refractivity contribution in [3.63, 3.8) is 0 Å². The number of piperidine rings is 2. The van der Waals surface area contributed by atoms with Gasteiger partial charge in [0.1, 0.15) is 47.9 Å². The zero-order valence-corrected chi connectivity index (χ0v) is 70.9. The Bertz CT molecular complexity index is 6470. The summed E-state index contributed by atoms with van der Waals surface area (Å²) in [5.41, 5.74) is 20.6. The molecule has 6 N–H and O–H groups in total. The van der Waals surface area contributed by atoms with E-state index in [-0.39, 0.29) is 11.2 Å². The monoisotopic (exact) mass is 1690 g/mol. The molecule has 0 atom stereocenters. The van der Waals surface area contributed by atoms with Crippen molar-refractivity contribution in [1.29, 1.82) is 0 Å². The molecule has 0 spiro atoms. The summed E-state index contributed by atoms with van der Waals surface area (Å²) < 4.78 is 30.6. The van der Waals surface area contributed by atoms with Crippen LogP contribution < -0.4 is 60.8 Å². The minimum absolute atomic E-state index is 0.0823. The Morgan fingerprint density at radius 3 is 1.33 bits per heavy atom. The van der Waals surface area contributed by atoms with Gasteiger partial charge in [-0.25, -0.2) is 59.8 Å². The van der Waals surface area contributed by atoms with Crippen molar-refractivity contribution in [2.24, 2.45) is 10.4 Å². The molecule has 0 radical (unpaired) electrons. The number of hydrogen-bond acceptors (Lipinski definition) is 27. The van der Waals surface area contributed by atoms with Gasteiger partial charge in [0.2, 0.25) is 5.88 Å². The van der Waals surface area contributed by atoms with E-state index in [1.54, 1.807) is 31.0 Å². The smallest absolute Gasteiger partial charge is 0.213 e. The van der Waals surface area contributed by atoms with E-state index >= 15 is 0 Å². The number of nitrogens with one attached hydrogen (secondary N) is 6. The number of carbonyl (C=O) groups excluding carboxylic acids is 1. The number of Topliss-reactive ketones (excluding diaryl/α,β-unsaturated/α-hetero) is 1. The van der Waals surface area contributed by atoms with Crippen LogP contribution >= 0.6 is 0 Å². The quantitative estimate of drug-likeness (QED) is 0.0493. The SMILES string of the molecule is CC(C)(C)COc1ccc(Nc2nc(-c3ccc4c(c3)CN=C4)cn3ccnc23)cn1.O=C1Cc2ccc(-c3cn4ccnc4c(Nc4ccc(N5CCCCC5)nc4)n3)cc2C1.c1cn2cc(-c3ccc4c(c3)NCCO4)nc(Nc3ccc(N4CCOCC4)nc3)c2n1.c1cn2cc(-c3ccc4c(c3)OCCN4)nc(Nc3ccc(N4CCCCC4)nc3)c2n1. The van der Waals surface area contributed by atoms with E-state index in [1.807, 2.05) is 159 Å². The third-order valence-electron chi connectivity index (χ3n) is 23.0. The summed E-state index contributed by atoms with van der Waals surface area (Å²) in [5.74, 6) is 8.33. The maximum atomic E-state index is 11.8. The second-order valence-corrected chi connectivity index (χ2v) is 33.4. The molecule has 3 fully saturated rings. The van der Waals surface area contributed by atoms with Gasteiger partial charge in [0, 0.05) is 174 Å². The van der Waals surface area contributed by atoms with Crippen LogP contribution in [-0.4, -0.2) is 175 Å². The van der Waals surface area contributed by atoms with E-state index in [4.69, 9.17) is 38.9 Å². The topological polar surface area (TPSA) is 321 Å².